The zero-order valence-corrected chi connectivity index (χ0v) is 22.0. The number of esters is 1. The van der Waals surface area contributed by atoms with Gasteiger partial charge < -0.3 is 15.4 Å². The van der Waals surface area contributed by atoms with E-state index in [9.17, 15) is 22.8 Å². The maximum Gasteiger partial charge on any atom is 0.336 e. The summed E-state index contributed by atoms with van der Waals surface area (Å²) in [7, 11) is -4.25. The minimum atomic E-state index is -4.25. The number of fused-ring (bicyclic) bond motifs is 1. The first-order chi connectivity index (χ1) is 17.9. The minimum Gasteiger partial charge on any atom is -0.460 e. The molecule has 0 saturated heterocycles. The van der Waals surface area contributed by atoms with Gasteiger partial charge in [0.2, 0.25) is 0 Å². The second-order valence-corrected chi connectivity index (χ2v) is 11.6. The third-order valence-electron chi connectivity index (χ3n) is 5.57. The summed E-state index contributed by atoms with van der Waals surface area (Å²) >= 11 is 0. The second kappa shape index (κ2) is 10.6. The summed E-state index contributed by atoms with van der Waals surface area (Å²) in [6, 6.07) is 13.5. The van der Waals surface area contributed by atoms with E-state index in [0.717, 1.165) is 9.87 Å². The summed E-state index contributed by atoms with van der Waals surface area (Å²) in [6.45, 7) is 5.36. The number of amides is 3. The van der Waals surface area contributed by atoms with Crippen LogP contribution in [0.15, 0.2) is 71.9 Å². The van der Waals surface area contributed by atoms with Crippen LogP contribution < -0.4 is 10.6 Å². The molecule has 10 nitrogen and oxygen atoms in total. The first-order valence-electron chi connectivity index (χ1n) is 11.9. The van der Waals surface area contributed by atoms with E-state index in [-0.39, 0.29) is 41.6 Å². The number of carbonyl (C=O) groups is 3. The molecule has 11 heteroatoms. The SMILES string of the molecule is CC(C)(C)OC(=O)Cc1ccc(CN2C(=O)Nc3ccc(C(=O)NCc4cccnc4)cc3S2(=O)=O)cc1. The van der Waals surface area contributed by atoms with Crippen LogP contribution in [0.1, 0.15) is 47.8 Å². The summed E-state index contributed by atoms with van der Waals surface area (Å²) in [5.74, 6) is -0.837. The summed E-state index contributed by atoms with van der Waals surface area (Å²) in [5, 5.41) is 5.31. The van der Waals surface area contributed by atoms with Crippen LogP contribution in [0.4, 0.5) is 10.5 Å². The van der Waals surface area contributed by atoms with Crippen LogP contribution in [-0.2, 0) is 39.1 Å². The average Bonchev–Trinajstić information content (AvgIpc) is 2.85. The Morgan fingerprint density at radius 1 is 1.03 bits per heavy atom. The van der Waals surface area contributed by atoms with Crippen LogP contribution in [0.5, 0.6) is 0 Å². The van der Waals surface area contributed by atoms with E-state index >= 15 is 0 Å². The highest BCUT2D eigenvalue weighted by Gasteiger charge is 2.37. The molecule has 1 aliphatic heterocycles. The van der Waals surface area contributed by atoms with Crippen molar-refractivity contribution in [3.63, 3.8) is 0 Å². The number of carbonyl (C=O) groups excluding carboxylic acids is 3. The van der Waals surface area contributed by atoms with E-state index in [1.807, 2.05) is 6.07 Å². The number of hydrogen-bond donors (Lipinski definition) is 2. The molecule has 0 unspecified atom stereocenters. The highest BCUT2D eigenvalue weighted by Crippen LogP contribution is 2.32. The molecule has 0 fully saturated rings. The Bertz CT molecular complexity index is 1470. The molecule has 3 amide bonds. The third-order valence-corrected chi connectivity index (χ3v) is 7.34. The van der Waals surface area contributed by atoms with Crippen LogP contribution in [0.2, 0.25) is 0 Å². The molecule has 38 heavy (non-hydrogen) atoms. The Kier molecular flexibility index (Phi) is 7.49. The maximum atomic E-state index is 13.4. The van der Waals surface area contributed by atoms with Gasteiger partial charge in [0.15, 0.2) is 0 Å². The normalized spacial score (nSPS) is 14.3. The number of urea groups is 1. The van der Waals surface area contributed by atoms with Gasteiger partial charge in [-0.25, -0.2) is 17.5 Å². The topological polar surface area (TPSA) is 135 Å². The Labute approximate surface area is 221 Å². The van der Waals surface area contributed by atoms with Crippen molar-refractivity contribution in [1.82, 2.24) is 14.6 Å². The number of sulfonamides is 1. The number of pyridine rings is 1. The van der Waals surface area contributed by atoms with E-state index in [4.69, 9.17) is 4.74 Å². The lowest BCUT2D eigenvalue weighted by Crippen LogP contribution is -2.43. The van der Waals surface area contributed by atoms with Gasteiger partial charge in [-0.15, -0.1) is 0 Å². The van der Waals surface area contributed by atoms with Gasteiger partial charge in [-0.2, -0.15) is 0 Å². The number of ether oxygens (including phenoxy) is 1. The van der Waals surface area contributed by atoms with Crippen molar-refractivity contribution >= 4 is 33.6 Å². The van der Waals surface area contributed by atoms with Crippen LogP contribution in [0.3, 0.4) is 0 Å². The highest BCUT2D eigenvalue weighted by atomic mass is 32.2. The Morgan fingerprint density at radius 2 is 1.74 bits per heavy atom. The Morgan fingerprint density at radius 3 is 2.39 bits per heavy atom. The molecule has 2 N–H and O–H groups in total. The number of nitrogens with one attached hydrogen (secondary N) is 2. The van der Waals surface area contributed by atoms with Gasteiger partial charge >= 0.3 is 12.0 Å². The van der Waals surface area contributed by atoms with E-state index in [2.05, 4.69) is 15.6 Å². The van der Waals surface area contributed by atoms with Crippen molar-refractivity contribution in [2.24, 2.45) is 0 Å². The summed E-state index contributed by atoms with van der Waals surface area (Å²) in [6.07, 6.45) is 3.31. The molecule has 1 aromatic heterocycles. The lowest BCUT2D eigenvalue weighted by molar-refractivity contribution is -0.153. The number of benzene rings is 2. The standard InChI is InChI=1S/C27H28N4O6S/c1-27(2,3)37-24(32)13-18-6-8-19(9-7-18)17-31-26(34)30-22-11-10-21(14-23(22)38(31,35)36)25(33)29-16-20-5-4-12-28-15-20/h4-12,14-15H,13,16-17H2,1-3H3,(H,29,33)(H,30,34). The van der Waals surface area contributed by atoms with Gasteiger partial charge in [0.1, 0.15) is 10.5 Å². The van der Waals surface area contributed by atoms with E-state index in [0.29, 0.717) is 11.1 Å². The second-order valence-electron chi connectivity index (χ2n) is 9.78. The first-order valence-corrected chi connectivity index (χ1v) is 13.3. The molecular formula is C27H28N4O6S. The van der Waals surface area contributed by atoms with Crippen LogP contribution >= 0.6 is 0 Å². The molecule has 3 aromatic rings. The van der Waals surface area contributed by atoms with Crippen molar-refractivity contribution in [1.29, 1.82) is 0 Å². The Balaban J connectivity index is 1.48. The van der Waals surface area contributed by atoms with Crippen molar-refractivity contribution < 1.29 is 27.5 Å². The predicted octanol–water partition coefficient (Wildman–Crippen LogP) is 3.63. The smallest absolute Gasteiger partial charge is 0.336 e. The fourth-order valence-electron chi connectivity index (χ4n) is 3.80. The minimum absolute atomic E-state index is 0.0685. The predicted molar refractivity (Wildman–Crippen MR) is 140 cm³/mol. The molecule has 0 saturated carbocycles. The fourth-order valence-corrected chi connectivity index (χ4v) is 5.30. The molecule has 1 aliphatic rings. The maximum absolute atomic E-state index is 13.4. The van der Waals surface area contributed by atoms with Gasteiger partial charge in [-0.1, -0.05) is 30.3 Å². The molecule has 0 radical (unpaired) electrons. The summed E-state index contributed by atoms with van der Waals surface area (Å²) < 4.78 is 32.8. The summed E-state index contributed by atoms with van der Waals surface area (Å²) in [5.41, 5.74) is 1.68. The Hall–Kier alpha value is -4.25. The molecule has 0 aliphatic carbocycles. The highest BCUT2D eigenvalue weighted by molar-refractivity contribution is 7.90. The summed E-state index contributed by atoms with van der Waals surface area (Å²) in [4.78, 5) is 41.3. The molecule has 4 rings (SSSR count). The van der Waals surface area contributed by atoms with Gasteiger partial charge in [-0.3, -0.25) is 14.6 Å². The average molecular weight is 537 g/mol. The number of rotatable bonds is 7. The van der Waals surface area contributed by atoms with Crippen LogP contribution in [-0.4, -0.2) is 41.2 Å². The van der Waals surface area contributed by atoms with Crippen molar-refractivity contribution in [2.45, 2.75) is 50.8 Å². The van der Waals surface area contributed by atoms with Crippen LogP contribution in [0, 0.1) is 0 Å². The van der Waals surface area contributed by atoms with E-state index < -0.39 is 27.6 Å². The molecular weight excluding hydrogens is 508 g/mol. The van der Waals surface area contributed by atoms with E-state index in [1.165, 1.54) is 18.2 Å². The number of aromatic nitrogens is 1. The largest absolute Gasteiger partial charge is 0.460 e. The molecule has 198 valence electrons. The van der Waals surface area contributed by atoms with Gasteiger partial charge in [0.05, 0.1) is 18.7 Å². The number of nitrogens with zero attached hydrogens (tertiary/aromatic N) is 2. The zero-order valence-electron chi connectivity index (χ0n) is 21.2. The lowest BCUT2D eigenvalue weighted by atomic mass is 10.1. The van der Waals surface area contributed by atoms with E-state index in [1.54, 1.807) is 63.5 Å². The van der Waals surface area contributed by atoms with Gasteiger partial charge in [0, 0.05) is 24.5 Å². The molecule has 2 aromatic carbocycles. The fraction of sp³-hybridized carbons (Fsp3) is 0.259. The first kappa shape index (κ1) is 26.8. The zero-order chi connectivity index (χ0) is 27.5. The number of hydrogen-bond acceptors (Lipinski definition) is 7. The molecule has 0 atom stereocenters. The molecule has 0 spiro atoms. The van der Waals surface area contributed by atoms with Gasteiger partial charge in [0.25, 0.3) is 15.9 Å². The van der Waals surface area contributed by atoms with Crippen molar-refractivity contribution in [3.8, 4) is 0 Å². The number of anilines is 1. The lowest BCUT2D eigenvalue weighted by Gasteiger charge is -2.29. The molecule has 2 heterocycles. The van der Waals surface area contributed by atoms with Crippen LogP contribution in [0.25, 0.3) is 0 Å². The van der Waals surface area contributed by atoms with Gasteiger partial charge in [-0.05, 0) is 61.7 Å². The monoisotopic (exact) mass is 536 g/mol. The van der Waals surface area contributed by atoms with Crippen molar-refractivity contribution in [3.05, 3.63) is 89.2 Å². The quantitative estimate of drug-likeness (QED) is 0.440. The van der Waals surface area contributed by atoms with Crippen molar-refractivity contribution in [2.75, 3.05) is 5.32 Å². The third kappa shape index (κ3) is 6.35. The molecule has 0 bridgehead atoms.